The molecule has 8 heteroatoms. The molecular formula is C13H14ClNO4S2. The highest BCUT2D eigenvalue weighted by molar-refractivity contribution is 7.89. The van der Waals surface area contributed by atoms with Crippen molar-refractivity contribution in [3.05, 3.63) is 28.1 Å². The highest BCUT2D eigenvalue weighted by Gasteiger charge is 2.32. The van der Waals surface area contributed by atoms with Gasteiger partial charge in [-0.2, -0.15) is 4.31 Å². The van der Waals surface area contributed by atoms with Crippen LogP contribution >= 0.6 is 22.9 Å². The van der Waals surface area contributed by atoms with Gasteiger partial charge in [-0.1, -0.05) is 11.6 Å². The van der Waals surface area contributed by atoms with Gasteiger partial charge in [-0.15, -0.1) is 11.3 Å². The number of rotatable bonds is 4. The van der Waals surface area contributed by atoms with E-state index in [0.29, 0.717) is 15.3 Å². The minimum atomic E-state index is -3.91. The topological polar surface area (TPSA) is 74.7 Å². The monoisotopic (exact) mass is 347 g/mol. The van der Waals surface area contributed by atoms with Crippen molar-refractivity contribution in [2.45, 2.75) is 24.8 Å². The highest BCUT2D eigenvalue weighted by Crippen LogP contribution is 2.37. The Balaban J connectivity index is 2.67. The fourth-order valence-corrected chi connectivity index (χ4v) is 5.22. The quantitative estimate of drug-likeness (QED) is 0.922. The molecule has 0 amide bonds. The molecule has 114 valence electrons. The van der Waals surface area contributed by atoms with Crippen molar-refractivity contribution in [2.24, 2.45) is 0 Å². The van der Waals surface area contributed by atoms with E-state index in [1.165, 1.54) is 25.3 Å². The van der Waals surface area contributed by atoms with Crippen LogP contribution in [-0.4, -0.2) is 36.9 Å². The Kier molecular flexibility index (Phi) is 4.30. The molecule has 1 aromatic heterocycles. The van der Waals surface area contributed by atoms with E-state index >= 15 is 0 Å². The van der Waals surface area contributed by atoms with Gasteiger partial charge in [0.1, 0.15) is 10.9 Å². The van der Waals surface area contributed by atoms with E-state index in [0.717, 1.165) is 9.01 Å². The van der Waals surface area contributed by atoms with E-state index in [9.17, 15) is 13.2 Å². The summed E-state index contributed by atoms with van der Waals surface area (Å²) in [7, 11) is -2.64. The lowest BCUT2D eigenvalue weighted by Crippen LogP contribution is -2.40. The summed E-state index contributed by atoms with van der Waals surface area (Å²) in [6.07, 6.45) is 0. The van der Waals surface area contributed by atoms with Gasteiger partial charge in [0.05, 0.1) is 0 Å². The molecule has 1 unspecified atom stereocenters. The maximum absolute atomic E-state index is 12.7. The van der Waals surface area contributed by atoms with Crippen LogP contribution in [-0.2, 0) is 14.8 Å². The van der Waals surface area contributed by atoms with Crippen LogP contribution in [0.1, 0.15) is 11.8 Å². The molecule has 0 aliphatic heterocycles. The number of carboxylic acids is 1. The molecule has 0 spiro atoms. The summed E-state index contributed by atoms with van der Waals surface area (Å²) in [6, 6.07) is 3.89. The number of nitrogens with zero attached hydrogens (tertiary/aromatic N) is 1. The molecule has 0 aliphatic carbocycles. The molecule has 2 aromatic rings. The second-order valence-corrected chi connectivity index (χ2v) is 8.29. The molecule has 2 rings (SSSR count). The maximum atomic E-state index is 12.7. The highest BCUT2D eigenvalue weighted by atomic mass is 35.5. The zero-order valence-electron chi connectivity index (χ0n) is 11.6. The Hall–Kier alpha value is -1.15. The Morgan fingerprint density at radius 3 is 2.62 bits per heavy atom. The Morgan fingerprint density at radius 1 is 1.43 bits per heavy atom. The average molecular weight is 348 g/mol. The van der Waals surface area contributed by atoms with Crippen molar-refractivity contribution in [3.63, 3.8) is 0 Å². The summed E-state index contributed by atoms with van der Waals surface area (Å²) >= 11 is 7.28. The van der Waals surface area contributed by atoms with Gasteiger partial charge in [-0.25, -0.2) is 8.42 Å². The predicted octanol–water partition coefficient (Wildman–Crippen LogP) is 2.96. The minimum absolute atomic E-state index is 0.126. The first-order valence-corrected chi connectivity index (χ1v) is 8.69. The number of likely N-dealkylation sites (N-methyl/N-ethyl adjacent to an activating group) is 1. The van der Waals surface area contributed by atoms with Crippen molar-refractivity contribution in [3.8, 4) is 0 Å². The first-order chi connectivity index (χ1) is 9.66. The average Bonchev–Trinajstić information content (AvgIpc) is 2.72. The van der Waals surface area contributed by atoms with Gasteiger partial charge in [-0.3, -0.25) is 4.79 Å². The van der Waals surface area contributed by atoms with E-state index in [-0.39, 0.29) is 4.90 Å². The third-order valence-electron chi connectivity index (χ3n) is 3.31. The van der Waals surface area contributed by atoms with Gasteiger partial charge < -0.3 is 5.11 Å². The summed E-state index contributed by atoms with van der Waals surface area (Å²) in [5.41, 5.74) is 0. The molecule has 0 fully saturated rings. The summed E-state index contributed by atoms with van der Waals surface area (Å²) < 4.78 is 27.1. The van der Waals surface area contributed by atoms with Crippen molar-refractivity contribution in [1.82, 2.24) is 4.31 Å². The third kappa shape index (κ3) is 2.78. The number of carboxylic acid groups (broad SMARTS) is 1. The number of benzene rings is 1. The van der Waals surface area contributed by atoms with Crippen LogP contribution < -0.4 is 0 Å². The van der Waals surface area contributed by atoms with Gasteiger partial charge in [0.2, 0.25) is 10.0 Å². The standard InChI is InChI=1S/C13H14ClNO4S2/c1-7(13(16)17)15(3)21(18,19)12-8(2)20-11-5-4-9(14)6-10(11)12/h4-7H,1-3H3,(H,16,17). The summed E-state index contributed by atoms with van der Waals surface area (Å²) in [6.45, 7) is 3.03. The van der Waals surface area contributed by atoms with Crippen LogP contribution in [0, 0.1) is 6.92 Å². The van der Waals surface area contributed by atoms with Gasteiger partial charge in [0.25, 0.3) is 0 Å². The number of hydrogen-bond acceptors (Lipinski definition) is 4. The zero-order chi connectivity index (χ0) is 15.9. The Labute approximate surface area is 131 Å². The van der Waals surface area contributed by atoms with Crippen LogP contribution in [0.4, 0.5) is 0 Å². The van der Waals surface area contributed by atoms with Crippen LogP contribution in [0.15, 0.2) is 23.1 Å². The number of hydrogen-bond donors (Lipinski definition) is 1. The molecule has 0 saturated carbocycles. The van der Waals surface area contributed by atoms with E-state index < -0.39 is 22.0 Å². The largest absolute Gasteiger partial charge is 0.480 e. The fourth-order valence-electron chi connectivity index (χ4n) is 2.00. The maximum Gasteiger partial charge on any atom is 0.321 e. The Bertz CT molecular complexity index is 813. The van der Waals surface area contributed by atoms with Gasteiger partial charge in [0, 0.05) is 27.0 Å². The second-order valence-electron chi connectivity index (χ2n) is 4.66. The van der Waals surface area contributed by atoms with Crippen LogP contribution in [0.3, 0.4) is 0 Å². The smallest absolute Gasteiger partial charge is 0.321 e. The summed E-state index contributed by atoms with van der Waals surface area (Å²) in [5.74, 6) is -1.20. The molecule has 0 bridgehead atoms. The number of carbonyl (C=O) groups is 1. The predicted molar refractivity (Wildman–Crippen MR) is 83.6 cm³/mol. The number of halogens is 1. The summed E-state index contributed by atoms with van der Waals surface area (Å²) in [5, 5.41) is 9.97. The number of thiophene rings is 1. The molecule has 1 N–H and O–H groups in total. The third-order valence-corrected chi connectivity index (χ3v) is 6.88. The molecule has 5 nitrogen and oxygen atoms in total. The van der Waals surface area contributed by atoms with E-state index in [1.54, 1.807) is 25.1 Å². The number of aryl methyl sites for hydroxylation is 1. The van der Waals surface area contributed by atoms with E-state index in [1.807, 2.05) is 0 Å². The van der Waals surface area contributed by atoms with Crippen molar-refractivity contribution in [2.75, 3.05) is 7.05 Å². The molecule has 21 heavy (non-hydrogen) atoms. The van der Waals surface area contributed by atoms with Crippen molar-refractivity contribution < 1.29 is 18.3 Å². The van der Waals surface area contributed by atoms with E-state index in [4.69, 9.17) is 16.7 Å². The molecule has 0 saturated heterocycles. The fraction of sp³-hybridized carbons (Fsp3) is 0.308. The lowest BCUT2D eigenvalue weighted by atomic mass is 10.2. The van der Waals surface area contributed by atoms with Gasteiger partial charge >= 0.3 is 5.97 Å². The molecule has 1 aromatic carbocycles. The van der Waals surface area contributed by atoms with Gasteiger partial charge in [-0.05, 0) is 32.0 Å². The SMILES string of the molecule is Cc1sc2ccc(Cl)cc2c1S(=O)(=O)N(C)C(C)C(=O)O. The van der Waals surface area contributed by atoms with Crippen molar-refractivity contribution >= 4 is 49.0 Å². The first-order valence-electron chi connectivity index (χ1n) is 6.05. The lowest BCUT2D eigenvalue weighted by molar-refractivity contribution is -0.140. The first kappa shape index (κ1) is 16.2. The lowest BCUT2D eigenvalue weighted by Gasteiger charge is -2.21. The van der Waals surface area contributed by atoms with Crippen molar-refractivity contribution in [1.29, 1.82) is 0 Å². The van der Waals surface area contributed by atoms with Gasteiger partial charge in [0.15, 0.2) is 0 Å². The van der Waals surface area contributed by atoms with Crippen LogP contribution in [0.2, 0.25) is 5.02 Å². The molecular weight excluding hydrogens is 334 g/mol. The number of aliphatic carboxylic acids is 1. The van der Waals surface area contributed by atoms with Crippen LogP contribution in [0.5, 0.6) is 0 Å². The number of fused-ring (bicyclic) bond motifs is 1. The van der Waals surface area contributed by atoms with Crippen LogP contribution in [0.25, 0.3) is 10.1 Å². The minimum Gasteiger partial charge on any atom is -0.480 e. The normalized spacial score (nSPS) is 13.8. The Morgan fingerprint density at radius 2 is 2.05 bits per heavy atom. The molecule has 1 atom stereocenters. The molecule has 0 aliphatic rings. The molecule has 0 radical (unpaired) electrons. The molecule has 1 heterocycles. The summed E-state index contributed by atoms with van der Waals surface area (Å²) in [4.78, 5) is 11.8. The van der Waals surface area contributed by atoms with E-state index in [2.05, 4.69) is 0 Å². The number of sulfonamides is 1. The second kappa shape index (κ2) is 5.57. The zero-order valence-corrected chi connectivity index (χ0v) is 14.0.